The van der Waals surface area contributed by atoms with Crippen LogP contribution in [0.25, 0.3) is 11.3 Å². The average Bonchev–Trinajstić information content (AvgIpc) is 2.77. The number of aromatic nitrogens is 2. The van der Waals surface area contributed by atoms with Gasteiger partial charge in [0.05, 0.1) is 18.4 Å². The number of rotatable bonds is 4. The molecule has 2 aromatic rings. The van der Waals surface area contributed by atoms with Gasteiger partial charge in [-0.15, -0.1) is 10.2 Å². The summed E-state index contributed by atoms with van der Waals surface area (Å²) in [5, 5.41) is 19.8. The highest BCUT2D eigenvalue weighted by Gasteiger charge is 2.32. The Bertz CT molecular complexity index is 1050. The van der Waals surface area contributed by atoms with Crippen molar-refractivity contribution in [2.24, 2.45) is 0 Å². The molecular weight excluding hydrogens is 489 g/mol. The number of hydrogen-bond donors (Lipinski definition) is 2. The smallest absolute Gasteiger partial charge is 0.416 e. The highest BCUT2D eigenvalue weighted by atomic mass is 19.4. The van der Waals surface area contributed by atoms with Crippen LogP contribution in [0.3, 0.4) is 0 Å². The molecule has 0 saturated carbocycles. The van der Waals surface area contributed by atoms with Crippen molar-refractivity contribution in [3.8, 4) is 17.0 Å². The van der Waals surface area contributed by atoms with Gasteiger partial charge in [0.15, 0.2) is 0 Å². The van der Waals surface area contributed by atoms with Gasteiger partial charge in [-0.3, -0.25) is 0 Å². The first-order valence-corrected chi connectivity index (χ1v) is 12.1. The Morgan fingerprint density at radius 1 is 1.19 bits per heavy atom. The number of anilines is 1. The van der Waals surface area contributed by atoms with Gasteiger partial charge in [-0.25, -0.2) is 4.79 Å². The second-order valence-corrected chi connectivity index (χ2v) is 10.2. The largest absolute Gasteiger partial charge is 0.496 e. The van der Waals surface area contributed by atoms with Crippen molar-refractivity contribution in [3.05, 3.63) is 35.4 Å². The molecule has 0 radical (unpaired) electrons. The predicted molar refractivity (Wildman–Crippen MR) is 136 cm³/mol. The third kappa shape index (κ3) is 9.38. The second kappa shape index (κ2) is 12.4. The van der Waals surface area contributed by atoms with Crippen molar-refractivity contribution in [2.45, 2.75) is 78.3 Å². The molecular formula is C26H37F3N4O4. The van der Waals surface area contributed by atoms with Crippen molar-refractivity contribution >= 4 is 11.9 Å². The van der Waals surface area contributed by atoms with Gasteiger partial charge in [-0.05, 0) is 84.2 Å². The maximum absolute atomic E-state index is 13.0. The van der Waals surface area contributed by atoms with Gasteiger partial charge >= 0.3 is 12.3 Å². The van der Waals surface area contributed by atoms with Crippen molar-refractivity contribution in [1.82, 2.24) is 15.1 Å². The summed E-state index contributed by atoms with van der Waals surface area (Å²) in [6, 6.07) is 5.05. The lowest BCUT2D eigenvalue weighted by molar-refractivity contribution is -0.137. The molecule has 1 aromatic heterocycles. The summed E-state index contributed by atoms with van der Waals surface area (Å²) < 4.78 is 49.7. The second-order valence-electron chi connectivity index (χ2n) is 10.2. The first-order valence-electron chi connectivity index (χ1n) is 12.1. The first kappa shape index (κ1) is 30.1. The molecule has 0 aliphatic carbocycles. The van der Waals surface area contributed by atoms with Gasteiger partial charge in [-0.1, -0.05) is 0 Å². The predicted octanol–water partition coefficient (Wildman–Crippen LogP) is 5.68. The van der Waals surface area contributed by atoms with Crippen LogP contribution in [-0.4, -0.2) is 64.2 Å². The van der Waals surface area contributed by atoms with E-state index in [1.165, 1.54) is 13.2 Å². The summed E-state index contributed by atoms with van der Waals surface area (Å²) in [4.78, 5) is 14.1. The minimum Gasteiger partial charge on any atom is -0.496 e. The number of aliphatic hydroxyl groups excluding tert-OH is 1. The van der Waals surface area contributed by atoms with Crippen molar-refractivity contribution in [2.75, 3.05) is 25.5 Å². The molecule has 11 heteroatoms. The van der Waals surface area contributed by atoms with E-state index in [4.69, 9.17) is 14.6 Å². The van der Waals surface area contributed by atoms with E-state index in [9.17, 15) is 18.0 Å². The van der Waals surface area contributed by atoms with E-state index in [0.717, 1.165) is 30.5 Å². The fraction of sp³-hybridized carbons (Fsp3) is 0.577. The van der Waals surface area contributed by atoms with E-state index < -0.39 is 17.3 Å². The number of alkyl halides is 3. The van der Waals surface area contributed by atoms with E-state index in [1.54, 1.807) is 31.7 Å². The molecule has 2 N–H and O–H groups in total. The first-order chi connectivity index (χ1) is 17.1. The SMILES string of the molecule is CC(C)O.COc1cc(C(F)(F)F)ccc1-c1nnc(NC2CCCN(C(=O)OC(C)(C)C)C2)cc1C. The van der Waals surface area contributed by atoms with Gasteiger partial charge in [0.25, 0.3) is 0 Å². The Hall–Kier alpha value is -3.08. The summed E-state index contributed by atoms with van der Waals surface area (Å²) in [7, 11) is 1.32. The van der Waals surface area contributed by atoms with Gasteiger partial charge in [0, 0.05) is 30.8 Å². The van der Waals surface area contributed by atoms with Gasteiger partial charge in [0.2, 0.25) is 0 Å². The van der Waals surface area contributed by atoms with Gasteiger partial charge in [0.1, 0.15) is 17.2 Å². The number of hydrogen-bond acceptors (Lipinski definition) is 7. The highest BCUT2D eigenvalue weighted by Crippen LogP contribution is 2.37. The number of ether oxygens (including phenoxy) is 2. The number of carbonyl (C=O) groups is 1. The zero-order valence-corrected chi connectivity index (χ0v) is 22.4. The maximum Gasteiger partial charge on any atom is 0.416 e. The van der Waals surface area contributed by atoms with Crippen LogP contribution in [0.4, 0.5) is 23.8 Å². The topological polar surface area (TPSA) is 96.8 Å². The molecule has 1 amide bonds. The molecule has 0 spiro atoms. The molecule has 1 aliphatic heterocycles. The third-order valence-electron chi connectivity index (χ3n) is 5.19. The Morgan fingerprint density at radius 3 is 2.38 bits per heavy atom. The third-order valence-corrected chi connectivity index (χ3v) is 5.19. The van der Waals surface area contributed by atoms with Crippen LogP contribution in [-0.2, 0) is 10.9 Å². The lowest BCUT2D eigenvalue weighted by Crippen LogP contribution is -2.47. The number of likely N-dealkylation sites (tertiary alicyclic amines) is 1. The molecule has 1 atom stereocenters. The summed E-state index contributed by atoms with van der Waals surface area (Å²) >= 11 is 0. The van der Waals surface area contributed by atoms with E-state index in [0.29, 0.717) is 30.2 Å². The number of nitrogens with one attached hydrogen (secondary N) is 1. The molecule has 206 valence electrons. The molecule has 1 unspecified atom stereocenters. The lowest BCUT2D eigenvalue weighted by atomic mass is 10.0. The van der Waals surface area contributed by atoms with Crippen LogP contribution >= 0.6 is 0 Å². The number of aliphatic hydroxyl groups is 1. The van der Waals surface area contributed by atoms with Gasteiger partial charge in [-0.2, -0.15) is 13.2 Å². The average molecular weight is 527 g/mol. The molecule has 1 aromatic carbocycles. The zero-order chi connectivity index (χ0) is 28.0. The van der Waals surface area contributed by atoms with Crippen LogP contribution in [0.1, 0.15) is 58.6 Å². The summed E-state index contributed by atoms with van der Waals surface area (Å²) in [6.07, 6.45) is -3.30. The monoisotopic (exact) mass is 526 g/mol. The quantitative estimate of drug-likeness (QED) is 0.529. The zero-order valence-electron chi connectivity index (χ0n) is 22.4. The Balaban J connectivity index is 0.00000112. The maximum atomic E-state index is 13.0. The molecule has 1 fully saturated rings. The number of halogens is 3. The number of piperidine rings is 1. The minimum absolute atomic E-state index is 0.0218. The number of amides is 1. The van der Waals surface area contributed by atoms with Crippen LogP contribution < -0.4 is 10.1 Å². The molecule has 8 nitrogen and oxygen atoms in total. The van der Waals surface area contributed by atoms with Crippen molar-refractivity contribution < 1.29 is 32.5 Å². The lowest BCUT2D eigenvalue weighted by Gasteiger charge is -2.34. The Morgan fingerprint density at radius 2 is 1.84 bits per heavy atom. The number of carbonyl (C=O) groups excluding carboxylic acids is 1. The van der Waals surface area contributed by atoms with Crippen LogP contribution in [0, 0.1) is 6.92 Å². The van der Waals surface area contributed by atoms with Crippen molar-refractivity contribution in [3.63, 3.8) is 0 Å². The number of benzene rings is 1. The van der Waals surface area contributed by atoms with E-state index in [1.807, 2.05) is 20.8 Å². The van der Waals surface area contributed by atoms with Crippen LogP contribution in [0.15, 0.2) is 24.3 Å². The molecule has 1 aliphatic rings. The normalized spacial score (nSPS) is 16.1. The summed E-state index contributed by atoms with van der Waals surface area (Å²) in [5.74, 6) is 0.599. The summed E-state index contributed by atoms with van der Waals surface area (Å²) in [5.41, 5.74) is 0.236. The fourth-order valence-corrected chi connectivity index (χ4v) is 3.68. The summed E-state index contributed by atoms with van der Waals surface area (Å²) in [6.45, 7) is 11.8. The minimum atomic E-state index is -4.46. The molecule has 3 rings (SSSR count). The van der Waals surface area contributed by atoms with Crippen LogP contribution in [0.2, 0.25) is 0 Å². The molecule has 0 bridgehead atoms. The standard InChI is InChI=1S/C23H29F3N4O3.C3H8O/c1-14-11-19(27-16-7-6-10-30(13-16)21(31)33-22(2,3)4)28-29-20(14)17-9-8-15(23(24,25)26)12-18(17)32-5;1-3(2)4/h8-9,11-12,16H,6-7,10,13H2,1-5H3,(H,27,28);3-4H,1-2H3. The van der Waals surface area contributed by atoms with Crippen molar-refractivity contribution in [1.29, 1.82) is 0 Å². The molecule has 2 heterocycles. The van der Waals surface area contributed by atoms with E-state index in [2.05, 4.69) is 15.5 Å². The number of aryl methyl sites for hydroxylation is 1. The molecule has 1 saturated heterocycles. The van der Waals surface area contributed by atoms with E-state index >= 15 is 0 Å². The Kier molecular flexibility index (Phi) is 10.1. The van der Waals surface area contributed by atoms with Crippen LogP contribution in [0.5, 0.6) is 5.75 Å². The van der Waals surface area contributed by atoms with Gasteiger partial charge < -0.3 is 24.8 Å². The highest BCUT2D eigenvalue weighted by molar-refractivity contribution is 5.71. The molecule has 37 heavy (non-hydrogen) atoms. The van der Waals surface area contributed by atoms with E-state index in [-0.39, 0.29) is 24.0 Å². The Labute approximate surface area is 216 Å². The fourth-order valence-electron chi connectivity index (χ4n) is 3.68. The number of nitrogens with zero attached hydrogens (tertiary/aromatic N) is 3. The number of methoxy groups -OCH3 is 1.